The van der Waals surface area contributed by atoms with E-state index in [1.165, 1.54) is 49.8 Å². The lowest BCUT2D eigenvalue weighted by Crippen LogP contribution is -2.48. The van der Waals surface area contributed by atoms with E-state index in [0.717, 1.165) is 48.5 Å². The van der Waals surface area contributed by atoms with Gasteiger partial charge in [-0.25, -0.2) is 0 Å². The number of pyridine rings is 1. The van der Waals surface area contributed by atoms with Crippen molar-refractivity contribution in [3.63, 3.8) is 0 Å². The van der Waals surface area contributed by atoms with E-state index >= 15 is 0 Å². The monoisotopic (exact) mass is 481 g/mol. The van der Waals surface area contributed by atoms with Crippen LogP contribution >= 0.6 is 0 Å². The fraction of sp³-hybridized carbons (Fsp3) is 0.438. The highest BCUT2D eigenvalue weighted by Gasteiger charge is 2.30. The van der Waals surface area contributed by atoms with Gasteiger partial charge < -0.3 is 9.80 Å². The van der Waals surface area contributed by atoms with Gasteiger partial charge in [0.2, 0.25) is 0 Å². The van der Waals surface area contributed by atoms with Gasteiger partial charge in [0.05, 0.1) is 0 Å². The molecule has 0 unspecified atom stereocenters. The molecular formula is C32H39N3O. The van der Waals surface area contributed by atoms with Crippen LogP contribution in [0.1, 0.15) is 66.4 Å². The molecule has 0 spiro atoms. The number of piperidine rings is 1. The number of benzene rings is 2. The zero-order valence-electron chi connectivity index (χ0n) is 21.6. The first kappa shape index (κ1) is 24.7. The highest BCUT2D eigenvalue weighted by atomic mass is 16.2. The second kappa shape index (κ2) is 11.8. The van der Waals surface area contributed by atoms with Gasteiger partial charge in [-0.2, -0.15) is 0 Å². The summed E-state index contributed by atoms with van der Waals surface area (Å²) in [4.78, 5) is 22.8. The Hall–Kier alpha value is -2.98. The lowest BCUT2D eigenvalue weighted by molar-refractivity contribution is 0.0526. The first-order valence-electron chi connectivity index (χ1n) is 13.7. The predicted molar refractivity (Wildman–Crippen MR) is 147 cm³/mol. The zero-order valence-corrected chi connectivity index (χ0v) is 21.6. The van der Waals surface area contributed by atoms with E-state index in [2.05, 4.69) is 52.0 Å². The number of hydrogen-bond acceptors (Lipinski definition) is 3. The highest BCUT2D eigenvalue weighted by Crippen LogP contribution is 2.28. The molecule has 1 aliphatic carbocycles. The van der Waals surface area contributed by atoms with E-state index in [9.17, 15) is 4.79 Å². The molecule has 3 aromatic rings. The van der Waals surface area contributed by atoms with Crippen LogP contribution in [0.2, 0.25) is 0 Å². The van der Waals surface area contributed by atoms with E-state index in [-0.39, 0.29) is 11.9 Å². The molecule has 1 amide bonds. The third-order valence-corrected chi connectivity index (χ3v) is 8.10. The summed E-state index contributed by atoms with van der Waals surface area (Å²) in [6, 6.07) is 21.0. The van der Waals surface area contributed by atoms with Gasteiger partial charge in [0.15, 0.2) is 0 Å². The topological polar surface area (TPSA) is 36.4 Å². The van der Waals surface area contributed by atoms with Crippen LogP contribution in [0.4, 0.5) is 0 Å². The number of nitrogens with zero attached hydrogens (tertiary/aromatic N) is 3. The van der Waals surface area contributed by atoms with E-state index in [1.807, 2.05) is 36.5 Å². The van der Waals surface area contributed by atoms with Crippen LogP contribution in [-0.4, -0.2) is 46.4 Å². The fourth-order valence-corrected chi connectivity index (χ4v) is 5.91. The van der Waals surface area contributed by atoms with Crippen molar-refractivity contribution in [1.82, 2.24) is 14.8 Å². The third kappa shape index (κ3) is 6.22. The largest absolute Gasteiger partial charge is 0.331 e. The van der Waals surface area contributed by atoms with Crippen molar-refractivity contribution < 1.29 is 4.79 Å². The lowest BCUT2D eigenvalue weighted by Gasteiger charge is -2.40. The van der Waals surface area contributed by atoms with Crippen LogP contribution < -0.4 is 0 Å². The Bertz CT molecular complexity index is 1100. The molecule has 0 radical (unpaired) electrons. The molecule has 2 aromatic carbocycles. The highest BCUT2D eigenvalue weighted by molar-refractivity contribution is 5.94. The third-order valence-electron chi connectivity index (χ3n) is 8.10. The second-order valence-corrected chi connectivity index (χ2v) is 10.8. The number of rotatable bonds is 7. The molecule has 1 saturated carbocycles. The summed E-state index contributed by atoms with van der Waals surface area (Å²) in [5.74, 6) is 1.02. The fourth-order valence-electron chi connectivity index (χ4n) is 5.91. The van der Waals surface area contributed by atoms with Gasteiger partial charge in [0, 0.05) is 50.2 Å². The summed E-state index contributed by atoms with van der Waals surface area (Å²) in [5.41, 5.74) is 5.41. The van der Waals surface area contributed by atoms with Gasteiger partial charge in [-0.1, -0.05) is 67.3 Å². The Morgan fingerprint density at radius 2 is 1.61 bits per heavy atom. The molecule has 1 aromatic heterocycles. The van der Waals surface area contributed by atoms with Crippen LogP contribution in [0.25, 0.3) is 11.1 Å². The predicted octanol–water partition coefficient (Wildman–Crippen LogP) is 6.74. The minimum Gasteiger partial charge on any atom is -0.331 e. The van der Waals surface area contributed by atoms with E-state index in [0.29, 0.717) is 6.54 Å². The van der Waals surface area contributed by atoms with Crippen molar-refractivity contribution in [1.29, 1.82) is 0 Å². The van der Waals surface area contributed by atoms with Crippen LogP contribution in [-0.2, 0) is 6.54 Å². The average molecular weight is 482 g/mol. The molecule has 2 aliphatic rings. The summed E-state index contributed by atoms with van der Waals surface area (Å²) >= 11 is 0. The number of aryl methyl sites for hydroxylation is 1. The number of carbonyl (C=O) groups excluding carboxylic acids is 1. The van der Waals surface area contributed by atoms with E-state index < -0.39 is 0 Å². The van der Waals surface area contributed by atoms with E-state index in [1.54, 1.807) is 6.20 Å². The Kier molecular flexibility index (Phi) is 8.12. The average Bonchev–Trinajstić information content (AvgIpc) is 2.94. The molecule has 1 aliphatic heterocycles. The SMILES string of the molecule is Cc1ccc(C(=O)N(Cc2ccc(-c3cccnc3)cc2)C2CCN(CC3CCCCC3)CC2)cc1. The minimum absolute atomic E-state index is 0.150. The number of carbonyl (C=O) groups is 1. The van der Waals surface area contributed by atoms with Crippen molar-refractivity contribution in [2.45, 2.75) is 64.5 Å². The van der Waals surface area contributed by atoms with Crippen molar-refractivity contribution in [3.05, 3.63) is 89.7 Å². The molecule has 36 heavy (non-hydrogen) atoms. The molecule has 0 atom stereocenters. The Labute approximate surface area is 216 Å². The summed E-state index contributed by atoms with van der Waals surface area (Å²) < 4.78 is 0. The molecule has 0 N–H and O–H groups in total. The Morgan fingerprint density at radius 1 is 0.889 bits per heavy atom. The summed E-state index contributed by atoms with van der Waals surface area (Å²) in [5, 5.41) is 0. The lowest BCUT2D eigenvalue weighted by atomic mass is 9.88. The molecule has 0 bridgehead atoms. The molecule has 188 valence electrons. The quantitative estimate of drug-likeness (QED) is 0.375. The number of hydrogen-bond donors (Lipinski definition) is 0. The van der Waals surface area contributed by atoms with Crippen molar-refractivity contribution in [2.75, 3.05) is 19.6 Å². The van der Waals surface area contributed by atoms with Crippen LogP contribution in [0.15, 0.2) is 73.1 Å². The van der Waals surface area contributed by atoms with Crippen LogP contribution in [0, 0.1) is 12.8 Å². The maximum absolute atomic E-state index is 13.8. The summed E-state index contributed by atoms with van der Waals surface area (Å²) in [7, 11) is 0. The smallest absolute Gasteiger partial charge is 0.254 e. The van der Waals surface area contributed by atoms with Gasteiger partial charge in [-0.05, 0) is 73.4 Å². The van der Waals surface area contributed by atoms with Crippen molar-refractivity contribution in [3.8, 4) is 11.1 Å². The first-order chi connectivity index (χ1) is 17.7. The number of aromatic nitrogens is 1. The summed E-state index contributed by atoms with van der Waals surface area (Å²) in [6.07, 6.45) is 12.8. The number of amides is 1. The minimum atomic E-state index is 0.150. The van der Waals surface area contributed by atoms with Gasteiger partial charge in [-0.15, -0.1) is 0 Å². The molecule has 4 heteroatoms. The maximum Gasteiger partial charge on any atom is 0.254 e. The zero-order chi connectivity index (χ0) is 24.7. The molecule has 5 rings (SSSR count). The van der Waals surface area contributed by atoms with E-state index in [4.69, 9.17) is 0 Å². The Morgan fingerprint density at radius 3 is 2.28 bits per heavy atom. The standard InChI is InChI=1S/C32H39N3O/c1-25-9-13-29(14-10-25)32(36)35(24-27-11-15-28(16-12-27)30-8-5-19-33-22-30)31-17-20-34(21-18-31)23-26-6-3-2-4-7-26/h5,8-16,19,22,26,31H,2-4,6-7,17-18,20-21,23-24H2,1H3. The normalized spacial score (nSPS) is 17.7. The Balaban J connectivity index is 1.29. The molecule has 2 heterocycles. The molecule has 2 fully saturated rings. The first-order valence-corrected chi connectivity index (χ1v) is 13.7. The maximum atomic E-state index is 13.8. The number of likely N-dealkylation sites (tertiary alicyclic amines) is 1. The van der Waals surface area contributed by atoms with Gasteiger partial charge in [0.1, 0.15) is 0 Å². The van der Waals surface area contributed by atoms with Crippen molar-refractivity contribution >= 4 is 5.91 Å². The molecular weight excluding hydrogens is 442 g/mol. The van der Waals surface area contributed by atoms with Gasteiger partial charge in [0.25, 0.3) is 5.91 Å². The van der Waals surface area contributed by atoms with Crippen molar-refractivity contribution in [2.24, 2.45) is 5.92 Å². The van der Waals surface area contributed by atoms with Crippen LogP contribution in [0.5, 0.6) is 0 Å². The van der Waals surface area contributed by atoms with Gasteiger partial charge >= 0.3 is 0 Å². The van der Waals surface area contributed by atoms with Gasteiger partial charge in [-0.3, -0.25) is 9.78 Å². The summed E-state index contributed by atoms with van der Waals surface area (Å²) in [6.45, 7) is 6.15. The molecule has 4 nitrogen and oxygen atoms in total. The second-order valence-electron chi connectivity index (χ2n) is 10.8. The molecule has 1 saturated heterocycles. The van der Waals surface area contributed by atoms with Crippen LogP contribution in [0.3, 0.4) is 0 Å².